The van der Waals surface area contributed by atoms with Gasteiger partial charge in [0.15, 0.2) is 0 Å². The summed E-state index contributed by atoms with van der Waals surface area (Å²) in [6, 6.07) is 15.7. The summed E-state index contributed by atoms with van der Waals surface area (Å²) in [4.78, 5) is 22.9. The molecule has 1 unspecified atom stereocenters. The molecule has 0 fully saturated rings. The van der Waals surface area contributed by atoms with E-state index < -0.39 is 5.97 Å². The van der Waals surface area contributed by atoms with Crippen LogP contribution in [0, 0.1) is 0 Å². The highest BCUT2D eigenvalue weighted by molar-refractivity contribution is 6.66. The number of methoxy groups -OCH3 is 1. The lowest BCUT2D eigenvalue weighted by Crippen LogP contribution is -2.35. The zero-order valence-electron chi connectivity index (χ0n) is 13.6. The van der Waals surface area contributed by atoms with Crippen LogP contribution < -0.4 is 0 Å². The average molecular weight is 354 g/mol. The van der Waals surface area contributed by atoms with Crippen LogP contribution in [0.1, 0.15) is 21.5 Å². The van der Waals surface area contributed by atoms with Crippen molar-refractivity contribution in [2.75, 3.05) is 13.7 Å². The fourth-order valence-electron chi connectivity index (χ4n) is 3.17. The molecule has 1 atom stereocenters. The second kappa shape index (κ2) is 6.33. The van der Waals surface area contributed by atoms with Gasteiger partial charge < -0.3 is 4.74 Å². The molecule has 0 saturated carbocycles. The van der Waals surface area contributed by atoms with E-state index in [0.717, 1.165) is 17.8 Å². The van der Waals surface area contributed by atoms with Gasteiger partial charge in [-0.3, -0.25) is 9.89 Å². The maximum absolute atomic E-state index is 11.7. The first-order valence-electron chi connectivity index (χ1n) is 8.02. The third-order valence-electron chi connectivity index (χ3n) is 4.36. The predicted octanol–water partition coefficient (Wildman–Crippen LogP) is 3.39. The van der Waals surface area contributed by atoms with E-state index in [4.69, 9.17) is 21.3 Å². The van der Waals surface area contributed by atoms with Gasteiger partial charge in [0.25, 0.3) is 0 Å². The van der Waals surface area contributed by atoms with Crippen LogP contribution in [0.3, 0.4) is 0 Å². The van der Waals surface area contributed by atoms with Gasteiger partial charge in [-0.1, -0.05) is 30.3 Å². The van der Waals surface area contributed by atoms with Gasteiger partial charge in [-0.15, -0.1) is 0 Å². The first-order chi connectivity index (χ1) is 12.2. The molecule has 0 bridgehead atoms. The molecule has 4 rings (SSSR count). The van der Waals surface area contributed by atoms with Gasteiger partial charge in [0.2, 0.25) is 5.29 Å². The van der Waals surface area contributed by atoms with Gasteiger partial charge >= 0.3 is 5.97 Å². The van der Waals surface area contributed by atoms with Crippen LogP contribution in [-0.2, 0) is 11.2 Å². The zero-order valence-corrected chi connectivity index (χ0v) is 14.4. The Kier molecular flexibility index (Phi) is 4.01. The Morgan fingerprint density at radius 3 is 2.84 bits per heavy atom. The number of hydrogen-bond donors (Lipinski definition) is 0. The van der Waals surface area contributed by atoms with E-state index in [2.05, 4.69) is 17.1 Å². The maximum atomic E-state index is 11.7. The number of halogens is 1. The fourth-order valence-corrected chi connectivity index (χ4v) is 3.41. The molecule has 25 heavy (non-hydrogen) atoms. The zero-order chi connectivity index (χ0) is 17.4. The highest BCUT2D eigenvalue weighted by Gasteiger charge is 2.33. The number of esters is 1. The van der Waals surface area contributed by atoms with E-state index in [1.54, 1.807) is 12.1 Å². The topological polar surface area (TPSA) is 54.3 Å². The van der Waals surface area contributed by atoms with Crippen LogP contribution >= 0.6 is 11.6 Å². The van der Waals surface area contributed by atoms with Crippen molar-refractivity contribution in [2.45, 2.75) is 12.5 Å². The number of aliphatic imine (C=N–C) groups is 2. The van der Waals surface area contributed by atoms with Crippen molar-refractivity contribution in [3.8, 4) is 0 Å². The van der Waals surface area contributed by atoms with Crippen LogP contribution in [0.25, 0.3) is 0 Å². The van der Waals surface area contributed by atoms with E-state index in [0.29, 0.717) is 23.1 Å². The highest BCUT2D eigenvalue weighted by atomic mass is 35.5. The summed E-state index contributed by atoms with van der Waals surface area (Å²) in [5, 5.41) is 0.379. The van der Waals surface area contributed by atoms with Gasteiger partial charge in [-0.05, 0) is 41.8 Å². The number of fused-ring (bicyclic) bond motifs is 3. The molecule has 0 spiro atoms. The molecule has 6 heteroatoms. The molecule has 126 valence electrons. The first kappa shape index (κ1) is 15.8. The van der Waals surface area contributed by atoms with Crippen molar-refractivity contribution < 1.29 is 9.53 Å². The molecule has 0 aliphatic carbocycles. The number of carbonyl (C=O) groups is 1. The molecule has 2 heterocycles. The number of hydrogen-bond acceptors (Lipinski definition) is 5. The number of ether oxygens (including phenoxy) is 1. The second-order valence-electron chi connectivity index (χ2n) is 6.01. The molecule has 2 aromatic carbocycles. The van der Waals surface area contributed by atoms with Crippen molar-refractivity contribution >= 4 is 34.4 Å². The summed E-state index contributed by atoms with van der Waals surface area (Å²) in [7, 11) is 1.36. The third kappa shape index (κ3) is 2.91. The largest absolute Gasteiger partial charge is 0.465 e. The predicted molar refractivity (Wildman–Crippen MR) is 97.9 cm³/mol. The van der Waals surface area contributed by atoms with Crippen molar-refractivity contribution in [3.05, 3.63) is 65.2 Å². The van der Waals surface area contributed by atoms with Gasteiger partial charge in [-0.2, -0.15) is 0 Å². The monoisotopic (exact) mass is 353 g/mol. The highest BCUT2D eigenvalue weighted by Crippen LogP contribution is 2.32. The molecule has 0 saturated heterocycles. The molecule has 0 amide bonds. The minimum absolute atomic E-state index is 0.118. The molecule has 2 aromatic rings. The van der Waals surface area contributed by atoms with E-state index in [1.807, 2.05) is 29.2 Å². The van der Waals surface area contributed by atoms with Crippen LogP contribution in [0.15, 0.2) is 58.5 Å². The summed E-state index contributed by atoms with van der Waals surface area (Å²) >= 11 is 6.36. The molecular weight excluding hydrogens is 338 g/mol. The summed E-state index contributed by atoms with van der Waals surface area (Å²) in [6.07, 6.45) is 0.848. The normalized spacial score (nSPS) is 18.2. The van der Waals surface area contributed by atoms with Crippen LogP contribution in [0.2, 0.25) is 0 Å². The number of benzene rings is 2. The standard InChI is InChI=1S/C19H16ClN3O2/c1-25-18(24)13-7-8-15-16(10-13)22-19(20)23-11-14(21-17(15)23)9-12-5-3-2-4-6-12/h2-8,10,14H,9,11H2,1H3. The molecule has 0 aromatic heterocycles. The Morgan fingerprint density at radius 1 is 1.28 bits per heavy atom. The minimum Gasteiger partial charge on any atom is -0.465 e. The molecule has 2 aliphatic rings. The molecule has 2 aliphatic heterocycles. The van der Waals surface area contributed by atoms with Gasteiger partial charge in [0.1, 0.15) is 5.84 Å². The summed E-state index contributed by atoms with van der Waals surface area (Å²) in [6.45, 7) is 0.699. The smallest absolute Gasteiger partial charge is 0.337 e. The third-order valence-corrected chi connectivity index (χ3v) is 4.65. The van der Waals surface area contributed by atoms with Crippen LogP contribution in [0.4, 0.5) is 5.69 Å². The van der Waals surface area contributed by atoms with E-state index in [9.17, 15) is 4.79 Å². The molecular formula is C19H16ClN3O2. The SMILES string of the molecule is COC(=O)c1ccc2c(c1)N=C(Cl)N1CC(Cc3ccccc3)N=C21. The average Bonchev–Trinajstić information content (AvgIpc) is 3.06. The number of nitrogens with zero attached hydrogens (tertiary/aromatic N) is 3. The second-order valence-corrected chi connectivity index (χ2v) is 6.35. The molecule has 0 N–H and O–H groups in total. The Labute approximate surface area is 150 Å². The van der Waals surface area contributed by atoms with E-state index in [1.165, 1.54) is 12.7 Å². The van der Waals surface area contributed by atoms with E-state index in [-0.39, 0.29) is 6.04 Å². The van der Waals surface area contributed by atoms with Gasteiger partial charge in [-0.25, -0.2) is 9.79 Å². The lowest BCUT2D eigenvalue weighted by atomic mass is 10.1. The van der Waals surface area contributed by atoms with Crippen molar-refractivity contribution in [1.82, 2.24) is 4.90 Å². The maximum Gasteiger partial charge on any atom is 0.337 e. The fraction of sp³-hybridized carbons (Fsp3) is 0.211. The van der Waals surface area contributed by atoms with Gasteiger partial charge in [0.05, 0.1) is 24.4 Å². The Morgan fingerprint density at radius 2 is 2.08 bits per heavy atom. The van der Waals surface area contributed by atoms with Crippen molar-refractivity contribution in [1.29, 1.82) is 0 Å². The number of carbonyl (C=O) groups excluding carboxylic acids is 1. The van der Waals surface area contributed by atoms with Crippen molar-refractivity contribution in [3.63, 3.8) is 0 Å². The molecule has 0 radical (unpaired) electrons. The Balaban J connectivity index is 1.67. The van der Waals surface area contributed by atoms with Gasteiger partial charge in [0, 0.05) is 12.1 Å². The summed E-state index contributed by atoms with van der Waals surface area (Å²) < 4.78 is 4.76. The number of amidine groups is 2. The van der Waals surface area contributed by atoms with Crippen molar-refractivity contribution in [2.24, 2.45) is 9.98 Å². The Hall–Kier alpha value is -2.66. The Bertz CT molecular complexity index is 893. The molecule has 5 nitrogen and oxygen atoms in total. The van der Waals surface area contributed by atoms with Crippen LogP contribution in [-0.4, -0.2) is 41.7 Å². The quantitative estimate of drug-likeness (QED) is 0.628. The first-order valence-corrected chi connectivity index (χ1v) is 8.39. The van der Waals surface area contributed by atoms with E-state index >= 15 is 0 Å². The lowest BCUT2D eigenvalue weighted by molar-refractivity contribution is 0.0601. The summed E-state index contributed by atoms with van der Waals surface area (Å²) in [5.41, 5.74) is 3.21. The summed E-state index contributed by atoms with van der Waals surface area (Å²) in [5.74, 6) is 0.416. The number of rotatable bonds is 3. The minimum atomic E-state index is -0.396. The lowest BCUT2D eigenvalue weighted by Gasteiger charge is -2.24. The van der Waals surface area contributed by atoms with Crippen LogP contribution in [0.5, 0.6) is 0 Å².